The predicted octanol–water partition coefficient (Wildman–Crippen LogP) is 2.82. The summed E-state index contributed by atoms with van der Waals surface area (Å²) in [6.45, 7) is 6.07. The normalized spacial score (nSPS) is 11.5. The summed E-state index contributed by atoms with van der Waals surface area (Å²) in [5.74, 6) is 0. The number of rotatable bonds is 6. The van der Waals surface area contributed by atoms with Crippen molar-refractivity contribution in [1.29, 1.82) is 0 Å². The van der Waals surface area contributed by atoms with Gasteiger partial charge in [-0.2, -0.15) is 0 Å². The van der Waals surface area contributed by atoms with Gasteiger partial charge in [-0.25, -0.2) is 4.79 Å². The van der Waals surface area contributed by atoms with Crippen molar-refractivity contribution in [2.45, 2.75) is 26.8 Å². The smallest absolute Gasteiger partial charge is 0.336 e. The first kappa shape index (κ1) is 16.0. The van der Waals surface area contributed by atoms with Crippen LogP contribution >= 0.6 is 11.6 Å². The Hall–Kier alpha value is -1.36. The first-order valence-corrected chi connectivity index (χ1v) is 7.55. The molecule has 2 rings (SSSR count). The maximum Gasteiger partial charge on any atom is 0.336 e. The summed E-state index contributed by atoms with van der Waals surface area (Å²) in [5.41, 5.74) is 2.05. The molecule has 0 radical (unpaired) electrons. The van der Waals surface area contributed by atoms with Gasteiger partial charge in [0.15, 0.2) is 0 Å². The van der Waals surface area contributed by atoms with Crippen LogP contribution in [0.25, 0.3) is 11.0 Å². The van der Waals surface area contributed by atoms with Crippen LogP contribution in [0.4, 0.5) is 0 Å². The second-order valence-corrected chi connectivity index (χ2v) is 5.38. The van der Waals surface area contributed by atoms with Crippen LogP contribution < -0.4 is 5.63 Å². The van der Waals surface area contributed by atoms with Crippen molar-refractivity contribution in [1.82, 2.24) is 4.90 Å². The molecule has 4 nitrogen and oxygen atoms in total. The van der Waals surface area contributed by atoms with E-state index in [-0.39, 0.29) is 12.2 Å². The molecule has 0 spiro atoms. The van der Waals surface area contributed by atoms with E-state index < -0.39 is 0 Å². The van der Waals surface area contributed by atoms with Crippen LogP contribution in [0.15, 0.2) is 27.4 Å². The number of fused-ring (bicyclic) bond motifs is 1. The van der Waals surface area contributed by atoms with Gasteiger partial charge < -0.3 is 9.52 Å². The quantitative estimate of drug-likeness (QED) is 0.834. The van der Waals surface area contributed by atoms with Crippen LogP contribution in [0.5, 0.6) is 0 Å². The maximum atomic E-state index is 11.7. The minimum atomic E-state index is -0.359. The van der Waals surface area contributed by atoms with E-state index in [0.717, 1.165) is 29.5 Å². The van der Waals surface area contributed by atoms with Crippen molar-refractivity contribution in [2.75, 3.05) is 19.7 Å². The molecular weight excluding hydrogens is 290 g/mol. The number of aryl methyl sites for hydroxylation is 1. The Morgan fingerprint density at radius 1 is 1.24 bits per heavy atom. The molecule has 0 unspecified atom stereocenters. The Kier molecular flexibility index (Phi) is 5.39. The van der Waals surface area contributed by atoms with Crippen molar-refractivity contribution < 1.29 is 9.52 Å². The highest BCUT2D eigenvalue weighted by molar-refractivity contribution is 6.32. The molecule has 0 aliphatic rings. The van der Waals surface area contributed by atoms with Crippen molar-refractivity contribution in [3.63, 3.8) is 0 Å². The largest absolute Gasteiger partial charge is 0.423 e. The van der Waals surface area contributed by atoms with Crippen LogP contribution in [-0.4, -0.2) is 29.7 Å². The average molecular weight is 310 g/mol. The number of benzene rings is 1. The number of aliphatic hydroxyl groups is 1. The van der Waals surface area contributed by atoms with E-state index in [2.05, 4.69) is 4.90 Å². The summed E-state index contributed by atoms with van der Waals surface area (Å²) >= 11 is 6.27. The van der Waals surface area contributed by atoms with Crippen molar-refractivity contribution in [3.05, 3.63) is 44.8 Å². The van der Waals surface area contributed by atoms with Crippen LogP contribution in [0.3, 0.4) is 0 Å². The molecule has 0 atom stereocenters. The molecule has 21 heavy (non-hydrogen) atoms. The summed E-state index contributed by atoms with van der Waals surface area (Å²) in [4.78, 5) is 13.8. The lowest BCUT2D eigenvalue weighted by Gasteiger charge is -2.20. The summed E-state index contributed by atoms with van der Waals surface area (Å²) in [7, 11) is 0. The zero-order chi connectivity index (χ0) is 15.4. The molecule has 2 aromatic rings. The van der Waals surface area contributed by atoms with E-state index in [0.29, 0.717) is 23.7 Å². The third-order valence-corrected chi connectivity index (χ3v) is 3.99. The molecule has 0 aliphatic carbocycles. The van der Waals surface area contributed by atoms with Gasteiger partial charge in [0.25, 0.3) is 0 Å². The molecule has 1 N–H and O–H groups in total. The molecule has 114 valence electrons. The van der Waals surface area contributed by atoms with Gasteiger partial charge in [-0.15, -0.1) is 0 Å². The van der Waals surface area contributed by atoms with E-state index in [1.54, 1.807) is 0 Å². The lowest BCUT2D eigenvalue weighted by Crippen LogP contribution is -2.26. The first-order chi connectivity index (χ1) is 10.1. The molecule has 0 saturated heterocycles. The SMILES string of the molecule is CCc1cc2oc(=O)cc(CN(CC)CCO)c2cc1Cl. The molecule has 0 amide bonds. The Labute approximate surface area is 128 Å². The molecule has 1 aromatic carbocycles. The number of hydrogen-bond donors (Lipinski definition) is 1. The molecule has 5 heteroatoms. The lowest BCUT2D eigenvalue weighted by molar-refractivity contribution is 0.197. The molecule has 0 saturated carbocycles. The van der Waals surface area contributed by atoms with Gasteiger partial charge >= 0.3 is 5.63 Å². The number of hydrogen-bond acceptors (Lipinski definition) is 4. The van der Waals surface area contributed by atoms with Crippen molar-refractivity contribution in [3.8, 4) is 0 Å². The van der Waals surface area contributed by atoms with E-state index in [4.69, 9.17) is 21.1 Å². The highest BCUT2D eigenvalue weighted by atomic mass is 35.5. The molecule has 0 fully saturated rings. The van der Waals surface area contributed by atoms with E-state index in [1.165, 1.54) is 6.07 Å². The third kappa shape index (κ3) is 3.64. The van der Waals surface area contributed by atoms with E-state index in [9.17, 15) is 4.79 Å². The molecule has 1 aromatic heterocycles. The monoisotopic (exact) mass is 309 g/mol. The maximum absolute atomic E-state index is 11.7. The minimum Gasteiger partial charge on any atom is -0.423 e. The van der Waals surface area contributed by atoms with Gasteiger partial charge in [0, 0.05) is 29.6 Å². The summed E-state index contributed by atoms with van der Waals surface area (Å²) in [6, 6.07) is 5.20. The number of nitrogens with zero attached hydrogens (tertiary/aromatic N) is 1. The Morgan fingerprint density at radius 3 is 2.62 bits per heavy atom. The second kappa shape index (κ2) is 7.07. The Morgan fingerprint density at radius 2 is 2.00 bits per heavy atom. The van der Waals surface area contributed by atoms with Crippen molar-refractivity contribution in [2.24, 2.45) is 0 Å². The standard InChI is InChI=1S/C16H20ClNO3/c1-3-11-7-15-13(9-14(11)17)12(8-16(20)21-15)10-18(4-2)5-6-19/h7-9,19H,3-6,10H2,1-2H3. The molecule has 0 aliphatic heterocycles. The first-order valence-electron chi connectivity index (χ1n) is 7.17. The van der Waals surface area contributed by atoms with Gasteiger partial charge in [0.05, 0.1) is 6.61 Å². The minimum absolute atomic E-state index is 0.0912. The third-order valence-electron chi connectivity index (χ3n) is 3.64. The van der Waals surface area contributed by atoms with Gasteiger partial charge in [0.2, 0.25) is 0 Å². The van der Waals surface area contributed by atoms with Gasteiger partial charge in [-0.3, -0.25) is 4.90 Å². The van der Waals surface area contributed by atoms with Crippen LogP contribution in [-0.2, 0) is 13.0 Å². The van der Waals surface area contributed by atoms with E-state index >= 15 is 0 Å². The molecule has 1 heterocycles. The van der Waals surface area contributed by atoms with Gasteiger partial charge in [0.1, 0.15) is 5.58 Å². The number of likely N-dealkylation sites (N-methyl/N-ethyl adjacent to an activating group) is 1. The second-order valence-electron chi connectivity index (χ2n) is 4.98. The highest BCUT2D eigenvalue weighted by Crippen LogP contribution is 2.26. The molecular formula is C16H20ClNO3. The zero-order valence-electron chi connectivity index (χ0n) is 12.4. The van der Waals surface area contributed by atoms with Crippen LogP contribution in [0.2, 0.25) is 5.02 Å². The Bertz CT molecular complexity index is 681. The summed E-state index contributed by atoms with van der Waals surface area (Å²) in [5, 5.41) is 10.6. The van der Waals surface area contributed by atoms with E-state index in [1.807, 2.05) is 26.0 Å². The average Bonchev–Trinajstić information content (AvgIpc) is 2.46. The molecule has 0 bridgehead atoms. The van der Waals surface area contributed by atoms with Crippen LogP contribution in [0, 0.1) is 0 Å². The fourth-order valence-electron chi connectivity index (χ4n) is 2.42. The number of halogens is 1. The topological polar surface area (TPSA) is 53.7 Å². The number of aliphatic hydroxyl groups excluding tert-OH is 1. The van der Waals surface area contributed by atoms with Crippen LogP contribution in [0.1, 0.15) is 25.0 Å². The van der Waals surface area contributed by atoms with Gasteiger partial charge in [-0.05, 0) is 36.2 Å². The predicted molar refractivity (Wildman–Crippen MR) is 84.9 cm³/mol. The van der Waals surface area contributed by atoms with Crippen molar-refractivity contribution >= 4 is 22.6 Å². The fourth-order valence-corrected chi connectivity index (χ4v) is 2.72. The Balaban J connectivity index is 2.52. The summed E-state index contributed by atoms with van der Waals surface area (Å²) < 4.78 is 5.29. The zero-order valence-corrected chi connectivity index (χ0v) is 13.1. The van der Waals surface area contributed by atoms with Gasteiger partial charge in [-0.1, -0.05) is 25.4 Å². The fraction of sp³-hybridized carbons (Fsp3) is 0.438. The lowest BCUT2D eigenvalue weighted by atomic mass is 10.1. The highest BCUT2D eigenvalue weighted by Gasteiger charge is 2.12. The summed E-state index contributed by atoms with van der Waals surface area (Å²) in [6.07, 6.45) is 0.786.